The molecule has 230 valence electrons. The van der Waals surface area contributed by atoms with Crippen molar-refractivity contribution in [1.82, 2.24) is 14.9 Å². The molecule has 2 aromatic heterocycles. The second-order valence-corrected chi connectivity index (χ2v) is 14.0. The van der Waals surface area contributed by atoms with Crippen LogP contribution in [0.25, 0.3) is 10.9 Å². The van der Waals surface area contributed by atoms with E-state index >= 15 is 0 Å². The summed E-state index contributed by atoms with van der Waals surface area (Å²) >= 11 is 0. The Kier molecular flexibility index (Phi) is 7.89. The molecule has 4 aromatic rings. The third-order valence-electron chi connectivity index (χ3n) is 10.6. The average Bonchev–Trinajstić information content (AvgIpc) is 3.34. The summed E-state index contributed by atoms with van der Waals surface area (Å²) in [6.45, 7) is 13.3. The zero-order valence-electron chi connectivity index (χ0n) is 27.1. The summed E-state index contributed by atoms with van der Waals surface area (Å²) in [5, 5.41) is 4.58. The first-order valence-electron chi connectivity index (χ1n) is 16.2. The molecule has 2 aromatic carbocycles. The van der Waals surface area contributed by atoms with Crippen molar-refractivity contribution in [1.29, 1.82) is 0 Å². The van der Waals surface area contributed by atoms with Crippen LogP contribution in [0, 0.1) is 39.0 Å². The minimum Gasteiger partial charge on any atom is -0.358 e. The molecular weight excluding hydrogens is 544 g/mol. The molecule has 2 saturated carbocycles. The second-order valence-electron chi connectivity index (χ2n) is 14.0. The fourth-order valence-corrected chi connectivity index (χ4v) is 8.21. The number of hydrogen-bond donors (Lipinski definition) is 2. The minimum absolute atomic E-state index is 0.0243. The van der Waals surface area contributed by atoms with Crippen molar-refractivity contribution in [2.24, 2.45) is 11.3 Å². The van der Waals surface area contributed by atoms with Gasteiger partial charge in [-0.15, -0.1) is 0 Å². The Morgan fingerprint density at radius 1 is 0.977 bits per heavy atom. The summed E-state index contributed by atoms with van der Waals surface area (Å²) in [5.41, 5.74) is 7.78. The summed E-state index contributed by atoms with van der Waals surface area (Å²) in [7, 11) is 0. The normalized spacial score (nSPS) is 20.3. The van der Waals surface area contributed by atoms with Crippen molar-refractivity contribution in [3.8, 4) is 0 Å². The first kappa shape index (κ1) is 30.1. The van der Waals surface area contributed by atoms with E-state index in [1.165, 1.54) is 22.2 Å². The number of aromatic amines is 1. The van der Waals surface area contributed by atoms with Gasteiger partial charge in [-0.3, -0.25) is 14.6 Å². The maximum absolute atomic E-state index is 14.7. The molecule has 6 nitrogen and oxygen atoms in total. The maximum atomic E-state index is 14.7. The lowest BCUT2D eigenvalue weighted by molar-refractivity contribution is -0.149. The van der Waals surface area contributed by atoms with Gasteiger partial charge in [0, 0.05) is 47.6 Å². The van der Waals surface area contributed by atoms with Gasteiger partial charge in [0.05, 0.1) is 0 Å². The number of carbonyl (C=O) groups excluding carboxylic acids is 2. The standard InChI is InChI=1S/C38H46N4O2/c1-24-19-25(2)35(26(3)20-24)41-36(44)38(16-10-7-11-17-38)42(23-28-13-12-18-39-22-28)32(43)21-30-34(37(30,5)6)33-27(4)40-31-15-9-8-14-29(31)33/h8-9,12-15,18-20,22,30,34,40H,7,10-11,16-17,21,23H2,1-6H3,(H,41,44). The van der Waals surface area contributed by atoms with Crippen LogP contribution in [0.15, 0.2) is 60.9 Å². The number of para-hydroxylation sites is 1. The average molecular weight is 591 g/mol. The number of nitrogens with one attached hydrogen (secondary N) is 2. The zero-order valence-corrected chi connectivity index (χ0v) is 27.1. The highest BCUT2D eigenvalue weighted by molar-refractivity contribution is 6.01. The van der Waals surface area contributed by atoms with Crippen LogP contribution in [0.3, 0.4) is 0 Å². The first-order chi connectivity index (χ1) is 21.0. The second kappa shape index (κ2) is 11.5. The topological polar surface area (TPSA) is 78.1 Å². The first-order valence-corrected chi connectivity index (χ1v) is 16.2. The molecule has 0 radical (unpaired) electrons. The monoisotopic (exact) mass is 590 g/mol. The Morgan fingerprint density at radius 2 is 1.68 bits per heavy atom. The van der Waals surface area contributed by atoms with Crippen molar-refractivity contribution >= 4 is 28.4 Å². The van der Waals surface area contributed by atoms with E-state index in [0.29, 0.717) is 25.8 Å². The Hall–Kier alpha value is -3.93. The molecule has 0 saturated heterocycles. The van der Waals surface area contributed by atoms with Gasteiger partial charge in [-0.05, 0) is 92.2 Å². The van der Waals surface area contributed by atoms with Crippen LogP contribution in [0.5, 0.6) is 0 Å². The van der Waals surface area contributed by atoms with Gasteiger partial charge in [0.25, 0.3) is 0 Å². The van der Waals surface area contributed by atoms with Gasteiger partial charge in [-0.2, -0.15) is 0 Å². The summed E-state index contributed by atoms with van der Waals surface area (Å²) < 4.78 is 0. The number of H-pyrrole nitrogens is 1. The Bertz CT molecular complexity index is 1670. The molecule has 2 atom stereocenters. The highest BCUT2D eigenvalue weighted by Crippen LogP contribution is 2.67. The van der Waals surface area contributed by atoms with Crippen LogP contribution in [-0.4, -0.2) is 32.2 Å². The third-order valence-corrected chi connectivity index (χ3v) is 10.6. The van der Waals surface area contributed by atoms with Gasteiger partial charge >= 0.3 is 0 Å². The minimum atomic E-state index is -0.916. The lowest BCUT2D eigenvalue weighted by Crippen LogP contribution is -2.59. The SMILES string of the molecule is Cc1cc(C)c(NC(=O)C2(N(Cc3cccnc3)C(=O)CC3C(c4c(C)[nH]c5ccccc45)C3(C)C)CCCCC2)c(C)c1. The van der Waals surface area contributed by atoms with Crippen LogP contribution < -0.4 is 5.32 Å². The number of fused-ring (bicyclic) bond motifs is 1. The molecule has 2 heterocycles. The van der Waals surface area contributed by atoms with E-state index < -0.39 is 5.54 Å². The molecule has 2 amide bonds. The molecule has 0 aliphatic heterocycles. The lowest BCUT2D eigenvalue weighted by atomic mass is 9.78. The van der Waals surface area contributed by atoms with E-state index in [9.17, 15) is 9.59 Å². The maximum Gasteiger partial charge on any atom is 0.250 e. The van der Waals surface area contributed by atoms with Gasteiger partial charge in [0.15, 0.2) is 0 Å². The predicted molar refractivity (Wildman–Crippen MR) is 178 cm³/mol. The Morgan fingerprint density at radius 3 is 2.36 bits per heavy atom. The van der Waals surface area contributed by atoms with Crippen LogP contribution in [0.4, 0.5) is 5.69 Å². The fraction of sp³-hybridized carbons (Fsp3) is 0.447. The van der Waals surface area contributed by atoms with Gasteiger partial charge < -0.3 is 15.2 Å². The van der Waals surface area contributed by atoms with Gasteiger partial charge in [-0.25, -0.2) is 0 Å². The van der Waals surface area contributed by atoms with Gasteiger partial charge in [0.1, 0.15) is 5.54 Å². The van der Waals surface area contributed by atoms with Crippen molar-refractivity contribution in [2.45, 2.75) is 98.1 Å². The molecule has 44 heavy (non-hydrogen) atoms. The summed E-state index contributed by atoms with van der Waals surface area (Å²) in [4.78, 5) is 39.1. The smallest absolute Gasteiger partial charge is 0.250 e. The summed E-state index contributed by atoms with van der Waals surface area (Å²) in [6.07, 6.45) is 8.22. The number of pyridine rings is 1. The number of nitrogens with zero attached hydrogens (tertiary/aromatic N) is 2. The molecule has 2 aliphatic rings. The van der Waals surface area contributed by atoms with Gasteiger partial charge in [0.2, 0.25) is 11.8 Å². The number of amides is 2. The van der Waals surface area contributed by atoms with E-state index in [1.807, 2.05) is 37.1 Å². The quantitative estimate of drug-likeness (QED) is 0.217. The number of carbonyl (C=O) groups is 2. The summed E-state index contributed by atoms with van der Waals surface area (Å²) in [5.74, 6) is 0.455. The van der Waals surface area contributed by atoms with Crippen molar-refractivity contribution in [2.75, 3.05) is 5.32 Å². The fourth-order valence-electron chi connectivity index (χ4n) is 8.21. The highest BCUT2D eigenvalue weighted by Gasteiger charge is 2.60. The molecule has 2 aliphatic carbocycles. The van der Waals surface area contributed by atoms with E-state index in [-0.39, 0.29) is 29.1 Å². The molecule has 2 N–H and O–H groups in total. The predicted octanol–water partition coefficient (Wildman–Crippen LogP) is 8.30. The molecule has 0 bridgehead atoms. The number of aryl methyl sites for hydroxylation is 4. The molecular formula is C38H46N4O2. The molecule has 2 unspecified atom stereocenters. The Balaban J connectivity index is 1.35. The van der Waals surface area contributed by atoms with Crippen molar-refractivity contribution < 1.29 is 9.59 Å². The molecule has 2 fully saturated rings. The van der Waals surface area contributed by atoms with Crippen molar-refractivity contribution in [3.05, 3.63) is 94.4 Å². The van der Waals surface area contributed by atoms with Crippen LogP contribution >= 0.6 is 0 Å². The third kappa shape index (κ3) is 5.33. The summed E-state index contributed by atoms with van der Waals surface area (Å²) in [6, 6.07) is 16.6. The van der Waals surface area contributed by atoms with Crippen molar-refractivity contribution in [3.63, 3.8) is 0 Å². The van der Waals surface area contributed by atoms with E-state index in [4.69, 9.17) is 0 Å². The zero-order chi connectivity index (χ0) is 31.2. The number of rotatable bonds is 8. The van der Waals surface area contributed by atoms with E-state index in [2.05, 4.69) is 79.4 Å². The number of hydrogen-bond acceptors (Lipinski definition) is 3. The highest BCUT2D eigenvalue weighted by atomic mass is 16.2. The largest absolute Gasteiger partial charge is 0.358 e. The van der Waals surface area contributed by atoms with Gasteiger partial charge in [-0.1, -0.05) is 75.1 Å². The number of benzene rings is 2. The van der Waals surface area contributed by atoms with Crippen LogP contribution in [-0.2, 0) is 16.1 Å². The number of anilines is 1. The lowest BCUT2D eigenvalue weighted by Gasteiger charge is -2.45. The van der Waals surface area contributed by atoms with E-state index in [0.717, 1.165) is 47.2 Å². The molecule has 0 spiro atoms. The van der Waals surface area contributed by atoms with Crippen LogP contribution in [0.2, 0.25) is 0 Å². The molecule has 6 heteroatoms. The molecule has 6 rings (SSSR count). The van der Waals surface area contributed by atoms with E-state index in [1.54, 1.807) is 6.20 Å². The number of aromatic nitrogens is 2. The Labute approximate surface area is 261 Å². The van der Waals surface area contributed by atoms with Crippen LogP contribution in [0.1, 0.15) is 91.8 Å².